The van der Waals surface area contributed by atoms with Crippen LogP contribution in [-0.4, -0.2) is 74.4 Å². The summed E-state index contributed by atoms with van der Waals surface area (Å²) in [7, 11) is 0. The molecule has 0 saturated carbocycles. The lowest BCUT2D eigenvalue weighted by Crippen LogP contribution is -2.51. The minimum Gasteiger partial charge on any atom is -0.374 e. The first kappa shape index (κ1) is 13.8. The average Bonchev–Trinajstić information content (AvgIpc) is 2.83. The van der Waals surface area contributed by atoms with Crippen LogP contribution in [0.3, 0.4) is 0 Å². The maximum atomic E-state index is 6.10. The normalized spacial score (nSPS) is 38.7. The summed E-state index contributed by atoms with van der Waals surface area (Å²) in [6.07, 6.45) is 4.42. The highest BCUT2D eigenvalue weighted by Gasteiger charge is 2.33. The molecule has 4 nitrogen and oxygen atoms in total. The van der Waals surface area contributed by atoms with E-state index in [0.29, 0.717) is 6.10 Å². The zero-order chi connectivity index (χ0) is 13.1. The summed E-state index contributed by atoms with van der Waals surface area (Å²) in [5.74, 6) is 0.753. The third-order valence-electron chi connectivity index (χ3n) is 4.81. The first-order valence-corrected chi connectivity index (χ1v) is 8.10. The van der Waals surface area contributed by atoms with Gasteiger partial charge in [-0.2, -0.15) is 0 Å². The maximum absolute atomic E-state index is 6.10. The predicted octanol–water partition coefficient (Wildman–Crippen LogP) is 0.781. The standard InChI is InChI=1S/C15H29N3O/c1-13-8-16-5-3-6-17(9-13)10-15-11-18-7-2-4-14(18)12-19-15/h13-16H,2-12H2,1H3. The summed E-state index contributed by atoms with van der Waals surface area (Å²) in [4.78, 5) is 5.29. The van der Waals surface area contributed by atoms with E-state index in [2.05, 4.69) is 22.0 Å². The van der Waals surface area contributed by atoms with E-state index < -0.39 is 0 Å². The summed E-state index contributed by atoms with van der Waals surface area (Å²) in [5, 5.41) is 3.53. The zero-order valence-corrected chi connectivity index (χ0v) is 12.3. The number of hydrogen-bond acceptors (Lipinski definition) is 4. The average molecular weight is 267 g/mol. The molecule has 3 rings (SSSR count). The number of rotatable bonds is 2. The van der Waals surface area contributed by atoms with Crippen LogP contribution in [0.25, 0.3) is 0 Å². The van der Waals surface area contributed by atoms with E-state index in [1.54, 1.807) is 0 Å². The minimum absolute atomic E-state index is 0.439. The molecule has 0 aromatic rings. The molecule has 3 fully saturated rings. The van der Waals surface area contributed by atoms with Gasteiger partial charge in [0.1, 0.15) is 0 Å². The molecule has 3 aliphatic heterocycles. The van der Waals surface area contributed by atoms with Gasteiger partial charge in [0.15, 0.2) is 0 Å². The third-order valence-corrected chi connectivity index (χ3v) is 4.81. The number of nitrogens with one attached hydrogen (secondary N) is 1. The summed E-state index contributed by atoms with van der Waals surface area (Å²) in [6, 6.07) is 0.728. The van der Waals surface area contributed by atoms with Crippen molar-refractivity contribution in [3.8, 4) is 0 Å². The van der Waals surface area contributed by atoms with Crippen molar-refractivity contribution >= 4 is 0 Å². The molecule has 3 atom stereocenters. The van der Waals surface area contributed by atoms with Gasteiger partial charge in [0.25, 0.3) is 0 Å². The molecule has 19 heavy (non-hydrogen) atoms. The molecule has 0 aliphatic carbocycles. The van der Waals surface area contributed by atoms with Crippen LogP contribution in [0.5, 0.6) is 0 Å². The Kier molecular flexibility index (Phi) is 4.74. The number of morpholine rings is 1. The molecule has 3 unspecified atom stereocenters. The van der Waals surface area contributed by atoms with Gasteiger partial charge in [-0.15, -0.1) is 0 Å². The molecule has 0 bridgehead atoms. The van der Waals surface area contributed by atoms with Crippen molar-refractivity contribution in [2.24, 2.45) is 5.92 Å². The second-order valence-electron chi connectivity index (χ2n) is 6.67. The molecule has 0 amide bonds. The number of ether oxygens (including phenoxy) is 1. The Bertz CT molecular complexity index is 287. The molecule has 0 aromatic carbocycles. The molecule has 3 saturated heterocycles. The first-order chi connectivity index (χ1) is 9.31. The highest BCUT2D eigenvalue weighted by molar-refractivity contribution is 4.86. The second kappa shape index (κ2) is 6.53. The van der Waals surface area contributed by atoms with Gasteiger partial charge in [0, 0.05) is 25.7 Å². The molecular formula is C15H29N3O. The Hall–Kier alpha value is -0.160. The van der Waals surface area contributed by atoms with Crippen LogP contribution < -0.4 is 5.32 Å². The number of fused-ring (bicyclic) bond motifs is 1. The van der Waals surface area contributed by atoms with Gasteiger partial charge in [0.2, 0.25) is 0 Å². The van der Waals surface area contributed by atoms with E-state index in [0.717, 1.165) is 38.2 Å². The topological polar surface area (TPSA) is 27.7 Å². The van der Waals surface area contributed by atoms with Gasteiger partial charge in [-0.3, -0.25) is 4.90 Å². The van der Waals surface area contributed by atoms with Crippen molar-refractivity contribution in [1.29, 1.82) is 0 Å². The fourth-order valence-electron chi connectivity index (χ4n) is 3.82. The van der Waals surface area contributed by atoms with Crippen molar-refractivity contribution in [3.05, 3.63) is 0 Å². The Morgan fingerprint density at radius 1 is 1.21 bits per heavy atom. The molecule has 3 aliphatic rings. The first-order valence-electron chi connectivity index (χ1n) is 8.10. The fourth-order valence-corrected chi connectivity index (χ4v) is 3.82. The molecular weight excluding hydrogens is 238 g/mol. The largest absolute Gasteiger partial charge is 0.374 e. The van der Waals surface area contributed by atoms with Gasteiger partial charge >= 0.3 is 0 Å². The van der Waals surface area contributed by atoms with E-state index in [9.17, 15) is 0 Å². The van der Waals surface area contributed by atoms with Crippen LogP contribution in [0.2, 0.25) is 0 Å². The van der Waals surface area contributed by atoms with Crippen LogP contribution in [-0.2, 0) is 4.74 Å². The predicted molar refractivity (Wildman–Crippen MR) is 77.4 cm³/mol. The lowest BCUT2D eigenvalue weighted by atomic mass is 10.1. The van der Waals surface area contributed by atoms with Crippen LogP contribution in [0.15, 0.2) is 0 Å². The van der Waals surface area contributed by atoms with Crippen molar-refractivity contribution < 1.29 is 4.74 Å². The Morgan fingerprint density at radius 3 is 3.11 bits per heavy atom. The monoisotopic (exact) mass is 267 g/mol. The Morgan fingerprint density at radius 2 is 2.16 bits per heavy atom. The zero-order valence-electron chi connectivity index (χ0n) is 12.3. The fraction of sp³-hybridized carbons (Fsp3) is 1.00. The van der Waals surface area contributed by atoms with Crippen molar-refractivity contribution in [2.45, 2.75) is 38.3 Å². The van der Waals surface area contributed by atoms with Gasteiger partial charge < -0.3 is 15.0 Å². The van der Waals surface area contributed by atoms with Crippen LogP contribution in [0.4, 0.5) is 0 Å². The SMILES string of the molecule is CC1CNCCCN(CC2CN3CCCC3CO2)C1. The van der Waals surface area contributed by atoms with Gasteiger partial charge in [-0.05, 0) is 51.4 Å². The van der Waals surface area contributed by atoms with Crippen LogP contribution in [0.1, 0.15) is 26.2 Å². The van der Waals surface area contributed by atoms with E-state index in [4.69, 9.17) is 4.74 Å². The highest BCUT2D eigenvalue weighted by atomic mass is 16.5. The quantitative estimate of drug-likeness (QED) is 0.800. The minimum atomic E-state index is 0.439. The Balaban J connectivity index is 1.49. The van der Waals surface area contributed by atoms with E-state index >= 15 is 0 Å². The highest BCUT2D eigenvalue weighted by Crippen LogP contribution is 2.23. The van der Waals surface area contributed by atoms with Crippen LogP contribution in [0, 0.1) is 5.92 Å². The summed E-state index contributed by atoms with van der Waals surface area (Å²) >= 11 is 0. The molecule has 0 spiro atoms. The second-order valence-corrected chi connectivity index (χ2v) is 6.67. The van der Waals surface area contributed by atoms with E-state index in [1.165, 1.54) is 45.4 Å². The van der Waals surface area contributed by atoms with Crippen molar-refractivity contribution in [2.75, 3.05) is 52.4 Å². The number of nitrogens with zero attached hydrogens (tertiary/aromatic N) is 2. The smallest absolute Gasteiger partial charge is 0.0829 e. The van der Waals surface area contributed by atoms with Crippen molar-refractivity contribution in [3.63, 3.8) is 0 Å². The van der Waals surface area contributed by atoms with E-state index in [-0.39, 0.29) is 0 Å². The molecule has 110 valence electrons. The summed E-state index contributed by atoms with van der Waals surface area (Å²) in [6.45, 7) is 11.7. The molecule has 0 radical (unpaired) electrons. The van der Waals surface area contributed by atoms with E-state index in [1.807, 2.05) is 0 Å². The van der Waals surface area contributed by atoms with Crippen molar-refractivity contribution in [1.82, 2.24) is 15.1 Å². The van der Waals surface area contributed by atoms with Gasteiger partial charge in [-0.1, -0.05) is 6.92 Å². The summed E-state index contributed by atoms with van der Waals surface area (Å²) in [5.41, 5.74) is 0. The number of hydrogen-bond donors (Lipinski definition) is 1. The lowest BCUT2D eigenvalue weighted by molar-refractivity contribution is -0.0626. The molecule has 1 N–H and O–H groups in total. The van der Waals surface area contributed by atoms with Gasteiger partial charge in [-0.25, -0.2) is 0 Å². The maximum Gasteiger partial charge on any atom is 0.0829 e. The van der Waals surface area contributed by atoms with Gasteiger partial charge in [0.05, 0.1) is 12.7 Å². The molecule has 4 heteroatoms. The lowest BCUT2D eigenvalue weighted by Gasteiger charge is -2.38. The third kappa shape index (κ3) is 3.69. The summed E-state index contributed by atoms with van der Waals surface area (Å²) < 4.78 is 6.10. The molecule has 0 aromatic heterocycles. The Labute approximate surface area is 117 Å². The van der Waals surface area contributed by atoms with Crippen LogP contribution >= 0.6 is 0 Å². The molecule has 3 heterocycles.